The van der Waals surface area contributed by atoms with Gasteiger partial charge in [-0.3, -0.25) is 9.69 Å². The number of amides is 1. The van der Waals surface area contributed by atoms with Crippen LogP contribution in [0.1, 0.15) is 46.0 Å². The fourth-order valence-electron chi connectivity index (χ4n) is 3.72. The van der Waals surface area contributed by atoms with Crippen LogP contribution in [0, 0.1) is 11.8 Å². The van der Waals surface area contributed by atoms with Gasteiger partial charge in [0.05, 0.1) is 0 Å². The molecule has 0 spiro atoms. The lowest BCUT2D eigenvalue weighted by atomic mass is 9.78. The summed E-state index contributed by atoms with van der Waals surface area (Å²) in [4.78, 5) is 17.2. The van der Waals surface area contributed by atoms with Crippen LogP contribution in [0.5, 0.6) is 0 Å². The molecule has 1 heterocycles. The molecule has 0 aromatic carbocycles. The van der Waals surface area contributed by atoms with Crippen LogP contribution in [0.15, 0.2) is 0 Å². The maximum absolute atomic E-state index is 12.6. The van der Waals surface area contributed by atoms with E-state index in [4.69, 9.17) is 5.73 Å². The maximum atomic E-state index is 12.6. The van der Waals surface area contributed by atoms with Crippen molar-refractivity contribution in [2.75, 3.05) is 32.7 Å². The third-order valence-corrected chi connectivity index (χ3v) is 5.08. The molecule has 1 aliphatic carbocycles. The van der Waals surface area contributed by atoms with Crippen LogP contribution < -0.4 is 5.73 Å². The van der Waals surface area contributed by atoms with Crippen molar-refractivity contribution in [1.29, 1.82) is 0 Å². The summed E-state index contributed by atoms with van der Waals surface area (Å²) in [5.74, 6) is 1.01. The summed E-state index contributed by atoms with van der Waals surface area (Å²) in [5, 5.41) is 0. The van der Waals surface area contributed by atoms with Gasteiger partial charge in [0.1, 0.15) is 0 Å². The largest absolute Gasteiger partial charge is 0.340 e. The molecule has 2 rings (SSSR count). The van der Waals surface area contributed by atoms with Crippen LogP contribution in [-0.4, -0.2) is 54.5 Å². The predicted octanol–water partition coefficient (Wildman–Crippen LogP) is 1.69. The van der Waals surface area contributed by atoms with Gasteiger partial charge in [-0.05, 0) is 38.1 Å². The highest BCUT2D eigenvalue weighted by molar-refractivity contribution is 5.79. The van der Waals surface area contributed by atoms with Crippen molar-refractivity contribution in [3.8, 4) is 0 Å². The normalized spacial score (nSPS) is 30.2. The van der Waals surface area contributed by atoms with Crippen LogP contribution in [-0.2, 0) is 4.79 Å². The molecule has 3 unspecified atom stereocenters. The monoisotopic (exact) mass is 281 g/mol. The lowest BCUT2D eigenvalue weighted by molar-refractivity contribution is -0.139. The minimum Gasteiger partial charge on any atom is -0.340 e. The number of rotatable bonds is 4. The molecular weight excluding hydrogens is 250 g/mol. The smallest absolute Gasteiger partial charge is 0.225 e. The van der Waals surface area contributed by atoms with Gasteiger partial charge in [-0.25, -0.2) is 0 Å². The fourth-order valence-corrected chi connectivity index (χ4v) is 3.72. The van der Waals surface area contributed by atoms with Gasteiger partial charge in [0.15, 0.2) is 0 Å². The molecule has 20 heavy (non-hydrogen) atoms. The van der Waals surface area contributed by atoms with E-state index in [0.29, 0.717) is 17.9 Å². The van der Waals surface area contributed by atoms with E-state index < -0.39 is 0 Å². The number of carbonyl (C=O) groups excluding carboxylic acids is 1. The zero-order valence-electron chi connectivity index (χ0n) is 13.2. The molecule has 1 aliphatic heterocycles. The van der Waals surface area contributed by atoms with E-state index in [1.807, 2.05) is 0 Å². The number of piperazine rings is 1. The zero-order valence-corrected chi connectivity index (χ0v) is 13.2. The van der Waals surface area contributed by atoms with Gasteiger partial charge in [-0.1, -0.05) is 20.3 Å². The first-order valence-electron chi connectivity index (χ1n) is 8.38. The Morgan fingerprint density at radius 1 is 1.25 bits per heavy atom. The van der Waals surface area contributed by atoms with Crippen molar-refractivity contribution in [3.63, 3.8) is 0 Å². The molecule has 0 aromatic heterocycles. The molecule has 116 valence electrons. The Labute approximate surface area is 123 Å². The van der Waals surface area contributed by atoms with Gasteiger partial charge in [-0.15, -0.1) is 0 Å². The van der Waals surface area contributed by atoms with Crippen molar-refractivity contribution in [2.24, 2.45) is 17.6 Å². The second kappa shape index (κ2) is 7.41. The van der Waals surface area contributed by atoms with Crippen molar-refractivity contribution >= 4 is 5.91 Å². The molecule has 2 N–H and O–H groups in total. The van der Waals surface area contributed by atoms with Gasteiger partial charge in [-0.2, -0.15) is 0 Å². The lowest BCUT2D eigenvalue weighted by Crippen LogP contribution is -2.51. The standard InChI is InChI=1S/C16H31N3O/c1-3-7-18-8-10-19(11-9-18)16(20)13(2)14-5-4-6-15(17)12-14/h13-15H,3-12,17H2,1-2H3. The number of nitrogens with zero attached hydrogens (tertiary/aromatic N) is 2. The SMILES string of the molecule is CCCN1CCN(C(=O)C(C)C2CCCC(N)C2)CC1. The Bertz CT molecular complexity index is 313. The number of carbonyl (C=O) groups is 1. The first-order valence-corrected chi connectivity index (χ1v) is 8.38. The van der Waals surface area contributed by atoms with E-state index in [2.05, 4.69) is 23.6 Å². The molecule has 1 saturated heterocycles. The van der Waals surface area contributed by atoms with Crippen LogP contribution in [0.3, 0.4) is 0 Å². The highest BCUT2D eigenvalue weighted by atomic mass is 16.2. The highest BCUT2D eigenvalue weighted by Crippen LogP contribution is 2.30. The Balaban J connectivity index is 1.82. The highest BCUT2D eigenvalue weighted by Gasteiger charge is 2.32. The van der Waals surface area contributed by atoms with Gasteiger partial charge in [0.2, 0.25) is 5.91 Å². The minimum atomic E-state index is 0.152. The summed E-state index contributed by atoms with van der Waals surface area (Å²) >= 11 is 0. The summed E-state index contributed by atoms with van der Waals surface area (Å²) in [5.41, 5.74) is 6.06. The van der Waals surface area contributed by atoms with Crippen LogP contribution in [0.25, 0.3) is 0 Å². The molecule has 1 saturated carbocycles. The molecule has 4 heteroatoms. The first kappa shape index (κ1) is 15.8. The lowest BCUT2D eigenvalue weighted by Gasteiger charge is -2.38. The quantitative estimate of drug-likeness (QED) is 0.853. The van der Waals surface area contributed by atoms with E-state index in [1.54, 1.807) is 0 Å². The third kappa shape index (κ3) is 3.95. The molecule has 3 atom stereocenters. The second-order valence-corrected chi connectivity index (χ2v) is 6.64. The van der Waals surface area contributed by atoms with Gasteiger partial charge in [0.25, 0.3) is 0 Å². The van der Waals surface area contributed by atoms with Gasteiger partial charge < -0.3 is 10.6 Å². The molecule has 0 bridgehead atoms. The van der Waals surface area contributed by atoms with Gasteiger partial charge >= 0.3 is 0 Å². The predicted molar refractivity (Wildman–Crippen MR) is 82.4 cm³/mol. The Hall–Kier alpha value is -0.610. The molecule has 0 radical (unpaired) electrons. The molecule has 2 aliphatic rings. The van der Waals surface area contributed by atoms with E-state index in [9.17, 15) is 4.79 Å². The van der Waals surface area contributed by atoms with Crippen LogP contribution >= 0.6 is 0 Å². The first-order chi connectivity index (χ1) is 9.61. The Morgan fingerprint density at radius 2 is 1.95 bits per heavy atom. The minimum absolute atomic E-state index is 0.152. The molecule has 4 nitrogen and oxygen atoms in total. The average Bonchev–Trinajstić information content (AvgIpc) is 2.47. The van der Waals surface area contributed by atoms with Crippen molar-refractivity contribution in [2.45, 2.75) is 52.0 Å². The summed E-state index contributed by atoms with van der Waals surface area (Å²) in [7, 11) is 0. The van der Waals surface area contributed by atoms with E-state index >= 15 is 0 Å². The fraction of sp³-hybridized carbons (Fsp3) is 0.938. The summed E-state index contributed by atoms with van der Waals surface area (Å²) < 4.78 is 0. The molecule has 2 fully saturated rings. The summed E-state index contributed by atoms with van der Waals surface area (Å²) in [6.45, 7) is 9.38. The number of hydrogen-bond acceptors (Lipinski definition) is 3. The topological polar surface area (TPSA) is 49.6 Å². The van der Waals surface area contributed by atoms with E-state index in [0.717, 1.165) is 45.6 Å². The Kier molecular flexibility index (Phi) is 5.85. The third-order valence-electron chi connectivity index (χ3n) is 5.08. The second-order valence-electron chi connectivity index (χ2n) is 6.64. The van der Waals surface area contributed by atoms with E-state index in [-0.39, 0.29) is 5.92 Å². The summed E-state index contributed by atoms with van der Waals surface area (Å²) in [6.07, 6.45) is 5.73. The number of hydrogen-bond donors (Lipinski definition) is 1. The zero-order chi connectivity index (χ0) is 14.5. The average molecular weight is 281 g/mol. The molecular formula is C16H31N3O. The summed E-state index contributed by atoms with van der Waals surface area (Å²) in [6, 6.07) is 0.311. The maximum Gasteiger partial charge on any atom is 0.225 e. The van der Waals surface area contributed by atoms with Crippen LogP contribution in [0.4, 0.5) is 0 Å². The van der Waals surface area contributed by atoms with E-state index in [1.165, 1.54) is 19.3 Å². The van der Waals surface area contributed by atoms with Crippen molar-refractivity contribution in [3.05, 3.63) is 0 Å². The molecule has 0 aromatic rings. The molecule has 1 amide bonds. The van der Waals surface area contributed by atoms with Gasteiger partial charge in [0, 0.05) is 38.1 Å². The van der Waals surface area contributed by atoms with Crippen molar-refractivity contribution in [1.82, 2.24) is 9.80 Å². The van der Waals surface area contributed by atoms with Crippen LogP contribution in [0.2, 0.25) is 0 Å². The number of nitrogens with two attached hydrogens (primary N) is 1. The van der Waals surface area contributed by atoms with Crippen molar-refractivity contribution < 1.29 is 4.79 Å². The Morgan fingerprint density at radius 3 is 2.55 bits per heavy atom.